The van der Waals surface area contributed by atoms with Crippen molar-refractivity contribution >= 4 is 17.7 Å². The standard InChI is InChI=1S/C12H13N3OS/c1-13-12-14-8-7-11(15-12)16-9-5-3-4-6-10(9)17-2/h3-8H,1-2H3,(H,13,14,15). The van der Waals surface area contributed by atoms with Crippen molar-refractivity contribution in [1.82, 2.24) is 9.97 Å². The molecule has 5 heteroatoms. The van der Waals surface area contributed by atoms with Crippen molar-refractivity contribution in [3.63, 3.8) is 0 Å². The van der Waals surface area contributed by atoms with Gasteiger partial charge in [-0.1, -0.05) is 12.1 Å². The zero-order chi connectivity index (χ0) is 12.1. The van der Waals surface area contributed by atoms with Crippen molar-refractivity contribution in [3.8, 4) is 11.6 Å². The molecule has 0 fully saturated rings. The maximum absolute atomic E-state index is 5.73. The minimum Gasteiger partial charge on any atom is -0.438 e. The second-order valence-corrected chi connectivity index (χ2v) is 4.07. The Balaban J connectivity index is 2.24. The third kappa shape index (κ3) is 2.88. The van der Waals surface area contributed by atoms with Crippen molar-refractivity contribution in [2.45, 2.75) is 4.90 Å². The third-order valence-electron chi connectivity index (χ3n) is 2.14. The molecule has 0 spiro atoms. The summed E-state index contributed by atoms with van der Waals surface area (Å²) in [7, 11) is 1.77. The molecule has 17 heavy (non-hydrogen) atoms. The maximum atomic E-state index is 5.73. The lowest BCUT2D eigenvalue weighted by Gasteiger charge is -2.08. The lowest BCUT2D eigenvalue weighted by molar-refractivity contribution is 0.452. The quantitative estimate of drug-likeness (QED) is 0.841. The number of rotatable bonds is 4. The summed E-state index contributed by atoms with van der Waals surface area (Å²) < 4.78 is 5.73. The van der Waals surface area contributed by atoms with Crippen LogP contribution in [0, 0.1) is 0 Å². The molecule has 88 valence electrons. The van der Waals surface area contributed by atoms with Crippen molar-refractivity contribution in [1.29, 1.82) is 0 Å². The van der Waals surface area contributed by atoms with Crippen molar-refractivity contribution in [2.24, 2.45) is 0 Å². The number of nitrogens with zero attached hydrogens (tertiary/aromatic N) is 2. The molecule has 2 rings (SSSR count). The molecule has 0 saturated carbocycles. The van der Waals surface area contributed by atoms with Gasteiger partial charge in [0.15, 0.2) is 0 Å². The largest absolute Gasteiger partial charge is 0.438 e. The molecule has 0 saturated heterocycles. The molecule has 1 N–H and O–H groups in total. The van der Waals surface area contributed by atoms with Crippen LogP contribution in [0.3, 0.4) is 0 Å². The first-order chi connectivity index (χ1) is 8.33. The van der Waals surface area contributed by atoms with Gasteiger partial charge in [0.1, 0.15) is 5.75 Å². The molecule has 0 amide bonds. The highest BCUT2D eigenvalue weighted by Gasteiger charge is 2.04. The van der Waals surface area contributed by atoms with Gasteiger partial charge in [0.25, 0.3) is 0 Å². The number of thioether (sulfide) groups is 1. The number of para-hydroxylation sites is 1. The van der Waals surface area contributed by atoms with E-state index in [0.717, 1.165) is 10.6 Å². The van der Waals surface area contributed by atoms with Crippen LogP contribution in [0.2, 0.25) is 0 Å². The van der Waals surface area contributed by atoms with E-state index in [4.69, 9.17) is 4.74 Å². The van der Waals surface area contributed by atoms with Gasteiger partial charge in [0.2, 0.25) is 11.8 Å². The average Bonchev–Trinajstić information content (AvgIpc) is 2.39. The molecule has 1 heterocycles. The minimum atomic E-state index is 0.533. The molecule has 0 atom stereocenters. The molecule has 1 aromatic heterocycles. The molecular formula is C12H13N3OS. The number of ether oxygens (including phenoxy) is 1. The summed E-state index contributed by atoms with van der Waals surface area (Å²) in [5, 5.41) is 2.87. The maximum Gasteiger partial charge on any atom is 0.225 e. The molecule has 0 unspecified atom stereocenters. The van der Waals surface area contributed by atoms with E-state index in [0.29, 0.717) is 11.8 Å². The molecule has 0 aliphatic heterocycles. The molecule has 0 aliphatic carbocycles. The Morgan fingerprint density at radius 1 is 1.24 bits per heavy atom. The summed E-state index contributed by atoms with van der Waals surface area (Å²) >= 11 is 1.64. The van der Waals surface area contributed by atoms with Crippen LogP contribution in [0.15, 0.2) is 41.4 Å². The summed E-state index contributed by atoms with van der Waals surface area (Å²) in [5.74, 6) is 1.88. The lowest BCUT2D eigenvalue weighted by atomic mass is 10.3. The van der Waals surface area contributed by atoms with Crippen LogP contribution < -0.4 is 10.1 Å². The van der Waals surface area contributed by atoms with Crippen LogP contribution in [-0.4, -0.2) is 23.3 Å². The second-order valence-electron chi connectivity index (χ2n) is 3.22. The van der Waals surface area contributed by atoms with E-state index in [-0.39, 0.29) is 0 Å². The molecule has 0 bridgehead atoms. The van der Waals surface area contributed by atoms with Crippen LogP contribution >= 0.6 is 11.8 Å². The summed E-state index contributed by atoms with van der Waals surface area (Å²) in [6, 6.07) is 9.60. The monoisotopic (exact) mass is 247 g/mol. The number of anilines is 1. The fourth-order valence-corrected chi connectivity index (χ4v) is 1.86. The van der Waals surface area contributed by atoms with Crippen molar-refractivity contribution in [2.75, 3.05) is 18.6 Å². The summed E-state index contributed by atoms with van der Waals surface area (Å²) in [4.78, 5) is 9.32. The smallest absolute Gasteiger partial charge is 0.225 e. The van der Waals surface area contributed by atoms with Gasteiger partial charge in [0.05, 0.1) is 0 Å². The van der Waals surface area contributed by atoms with Gasteiger partial charge in [-0.25, -0.2) is 4.98 Å². The van der Waals surface area contributed by atoms with E-state index in [1.165, 1.54) is 0 Å². The van der Waals surface area contributed by atoms with Crippen molar-refractivity contribution in [3.05, 3.63) is 36.5 Å². The van der Waals surface area contributed by atoms with Gasteiger partial charge in [0, 0.05) is 24.2 Å². The first-order valence-corrected chi connectivity index (χ1v) is 6.37. The Morgan fingerprint density at radius 2 is 2.06 bits per heavy atom. The van der Waals surface area contributed by atoms with E-state index in [1.54, 1.807) is 31.1 Å². The predicted octanol–water partition coefficient (Wildman–Crippen LogP) is 3.03. The highest BCUT2D eigenvalue weighted by molar-refractivity contribution is 7.98. The number of hydrogen-bond donors (Lipinski definition) is 1. The molecule has 1 aromatic carbocycles. The Kier molecular flexibility index (Phi) is 3.82. The van der Waals surface area contributed by atoms with Gasteiger partial charge in [-0.15, -0.1) is 11.8 Å². The number of hydrogen-bond acceptors (Lipinski definition) is 5. The predicted molar refractivity (Wildman–Crippen MR) is 69.9 cm³/mol. The second kappa shape index (κ2) is 5.54. The number of nitrogens with one attached hydrogen (secondary N) is 1. The third-order valence-corrected chi connectivity index (χ3v) is 2.91. The fraction of sp³-hybridized carbons (Fsp3) is 0.167. The number of benzene rings is 1. The lowest BCUT2D eigenvalue weighted by Crippen LogP contribution is -1.97. The van der Waals surface area contributed by atoms with Crippen LogP contribution in [-0.2, 0) is 0 Å². The van der Waals surface area contributed by atoms with Crippen LogP contribution in [0.1, 0.15) is 0 Å². The van der Waals surface area contributed by atoms with E-state index in [9.17, 15) is 0 Å². The van der Waals surface area contributed by atoms with Crippen LogP contribution in [0.4, 0.5) is 5.95 Å². The van der Waals surface area contributed by atoms with E-state index >= 15 is 0 Å². The van der Waals surface area contributed by atoms with E-state index < -0.39 is 0 Å². The zero-order valence-corrected chi connectivity index (χ0v) is 10.5. The minimum absolute atomic E-state index is 0.533. The topological polar surface area (TPSA) is 47.0 Å². The number of aromatic nitrogens is 2. The van der Waals surface area contributed by atoms with Gasteiger partial charge in [-0.3, -0.25) is 0 Å². The Hall–Kier alpha value is -1.75. The van der Waals surface area contributed by atoms with Gasteiger partial charge < -0.3 is 10.1 Å². The molecule has 4 nitrogen and oxygen atoms in total. The Bertz CT molecular complexity index is 505. The highest BCUT2D eigenvalue weighted by Crippen LogP contribution is 2.30. The van der Waals surface area contributed by atoms with Gasteiger partial charge in [-0.2, -0.15) is 4.98 Å². The summed E-state index contributed by atoms with van der Waals surface area (Å²) in [6.07, 6.45) is 3.68. The average molecular weight is 247 g/mol. The molecule has 0 radical (unpaired) electrons. The summed E-state index contributed by atoms with van der Waals surface area (Å²) in [5.41, 5.74) is 0. The molecular weight excluding hydrogens is 234 g/mol. The van der Waals surface area contributed by atoms with E-state index in [1.807, 2.05) is 30.5 Å². The first kappa shape index (κ1) is 11.7. The molecule has 0 aliphatic rings. The zero-order valence-electron chi connectivity index (χ0n) is 9.68. The summed E-state index contributed by atoms with van der Waals surface area (Å²) in [6.45, 7) is 0. The SMILES string of the molecule is CNc1nccc(Oc2ccccc2SC)n1. The Labute approximate surface area is 104 Å². The fourth-order valence-electron chi connectivity index (χ4n) is 1.34. The van der Waals surface area contributed by atoms with E-state index in [2.05, 4.69) is 15.3 Å². The molecule has 2 aromatic rings. The van der Waals surface area contributed by atoms with Crippen molar-refractivity contribution < 1.29 is 4.74 Å². The van der Waals surface area contributed by atoms with Gasteiger partial charge >= 0.3 is 0 Å². The Morgan fingerprint density at radius 3 is 2.82 bits per heavy atom. The van der Waals surface area contributed by atoms with Gasteiger partial charge in [-0.05, 0) is 18.4 Å². The highest BCUT2D eigenvalue weighted by atomic mass is 32.2. The van der Waals surface area contributed by atoms with Crippen LogP contribution in [0.25, 0.3) is 0 Å². The van der Waals surface area contributed by atoms with Crippen LogP contribution in [0.5, 0.6) is 11.6 Å². The first-order valence-electron chi connectivity index (χ1n) is 5.15. The normalized spacial score (nSPS) is 10.0.